The fourth-order valence-corrected chi connectivity index (χ4v) is 2.88. The van der Waals surface area contributed by atoms with Crippen LogP contribution >= 0.6 is 15.9 Å². The highest BCUT2D eigenvalue weighted by molar-refractivity contribution is 9.10. The van der Waals surface area contributed by atoms with Gasteiger partial charge in [0.15, 0.2) is 0 Å². The van der Waals surface area contributed by atoms with Gasteiger partial charge in [0.1, 0.15) is 11.6 Å². The van der Waals surface area contributed by atoms with Crippen LogP contribution in [0.25, 0.3) is 6.08 Å². The normalized spacial score (nSPS) is 11.0. The lowest BCUT2D eigenvalue weighted by molar-refractivity contribution is -0.112. The Balaban J connectivity index is 2.33. The molecule has 0 saturated carbocycles. The lowest BCUT2D eigenvalue weighted by Crippen LogP contribution is -2.13. The monoisotopic (exact) mass is 368 g/mol. The van der Waals surface area contributed by atoms with E-state index < -0.39 is 5.91 Å². The molecule has 0 fully saturated rings. The molecule has 0 aromatic heterocycles. The third-order valence-corrected chi connectivity index (χ3v) is 3.97. The maximum absolute atomic E-state index is 12.3. The maximum atomic E-state index is 12.3. The van der Waals surface area contributed by atoms with E-state index in [-0.39, 0.29) is 5.57 Å². The zero-order valence-corrected chi connectivity index (χ0v) is 14.9. The van der Waals surface area contributed by atoms with Crippen LogP contribution in [0, 0.1) is 32.1 Å². The van der Waals surface area contributed by atoms with Crippen LogP contribution in [0.4, 0.5) is 5.69 Å². The quantitative estimate of drug-likeness (QED) is 0.617. The number of nitrogens with zero attached hydrogens (tertiary/aromatic N) is 1. The molecule has 0 aliphatic rings. The molecule has 0 spiro atoms. The van der Waals surface area contributed by atoms with Crippen molar-refractivity contribution in [1.82, 2.24) is 0 Å². The molecule has 0 heterocycles. The molecular weight excluding hydrogens is 352 g/mol. The summed E-state index contributed by atoms with van der Waals surface area (Å²) in [5, 5.41) is 12.1. The molecule has 2 rings (SSSR count). The second-order valence-electron chi connectivity index (χ2n) is 5.45. The molecule has 0 atom stereocenters. The van der Waals surface area contributed by atoms with Crippen molar-refractivity contribution in [1.29, 1.82) is 5.26 Å². The van der Waals surface area contributed by atoms with Gasteiger partial charge in [-0.05, 0) is 61.7 Å². The van der Waals surface area contributed by atoms with Gasteiger partial charge in [-0.15, -0.1) is 0 Å². The van der Waals surface area contributed by atoms with Crippen molar-refractivity contribution in [2.45, 2.75) is 20.8 Å². The van der Waals surface area contributed by atoms with E-state index in [9.17, 15) is 10.1 Å². The number of nitriles is 1. The Morgan fingerprint density at radius 1 is 1.17 bits per heavy atom. The van der Waals surface area contributed by atoms with Gasteiger partial charge in [0.2, 0.25) is 0 Å². The standard InChI is InChI=1S/C19H17BrN2O/c1-12-7-13(2)18(14(3)8-12)9-15(11-21)19(23)22-17-6-4-5-16(20)10-17/h4-10H,1-3H3,(H,22,23)/b15-9-. The summed E-state index contributed by atoms with van der Waals surface area (Å²) in [6, 6.07) is 13.3. The minimum Gasteiger partial charge on any atom is -0.321 e. The fourth-order valence-electron chi connectivity index (χ4n) is 2.48. The largest absolute Gasteiger partial charge is 0.321 e. The minimum absolute atomic E-state index is 0.0834. The smallest absolute Gasteiger partial charge is 0.266 e. The molecule has 2 aromatic carbocycles. The van der Waals surface area contributed by atoms with Crippen LogP contribution in [0.2, 0.25) is 0 Å². The maximum Gasteiger partial charge on any atom is 0.266 e. The molecule has 116 valence electrons. The molecule has 1 amide bonds. The Bertz CT molecular complexity index is 808. The molecular formula is C19H17BrN2O. The number of carbonyl (C=O) groups is 1. The zero-order chi connectivity index (χ0) is 17.0. The molecule has 0 radical (unpaired) electrons. The number of halogens is 1. The number of rotatable bonds is 3. The van der Waals surface area contributed by atoms with Crippen LogP contribution in [0.5, 0.6) is 0 Å². The highest BCUT2D eigenvalue weighted by atomic mass is 79.9. The van der Waals surface area contributed by atoms with E-state index >= 15 is 0 Å². The number of hydrogen-bond donors (Lipinski definition) is 1. The van der Waals surface area contributed by atoms with Crippen LogP contribution in [-0.4, -0.2) is 5.91 Å². The summed E-state index contributed by atoms with van der Waals surface area (Å²) in [5.74, 6) is -0.412. The van der Waals surface area contributed by atoms with E-state index in [1.54, 1.807) is 18.2 Å². The van der Waals surface area contributed by atoms with Crippen LogP contribution in [0.3, 0.4) is 0 Å². The number of aryl methyl sites for hydroxylation is 3. The molecule has 2 aromatic rings. The first-order chi connectivity index (χ1) is 10.9. The number of carbonyl (C=O) groups excluding carboxylic acids is 1. The summed E-state index contributed by atoms with van der Waals surface area (Å²) >= 11 is 3.35. The van der Waals surface area contributed by atoms with Gasteiger partial charge in [0.05, 0.1) is 0 Å². The van der Waals surface area contributed by atoms with Gasteiger partial charge in [0, 0.05) is 10.2 Å². The van der Waals surface area contributed by atoms with Crippen molar-refractivity contribution in [2.75, 3.05) is 5.32 Å². The van der Waals surface area contributed by atoms with Crippen molar-refractivity contribution >= 4 is 33.6 Å². The fraction of sp³-hybridized carbons (Fsp3) is 0.158. The summed E-state index contributed by atoms with van der Waals surface area (Å²) < 4.78 is 0.864. The number of anilines is 1. The average Bonchev–Trinajstić information content (AvgIpc) is 2.46. The Hall–Kier alpha value is -2.38. The van der Waals surface area contributed by atoms with Crippen LogP contribution in [0.1, 0.15) is 22.3 Å². The van der Waals surface area contributed by atoms with Gasteiger partial charge in [0.25, 0.3) is 5.91 Å². The summed E-state index contributed by atoms with van der Waals surface area (Å²) in [5.41, 5.74) is 4.89. The van der Waals surface area contributed by atoms with Gasteiger partial charge in [-0.3, -0.25) is 4.79 Å². The van der Waals surface area contributed by atoms with Gasteiger partial charge in [-0.1, -0.05) is 39.7 Å². The van der Waals surface area contributed by atoms with Gasteiger partial charge in [-0.25, -0.2) is 0 Å². The third-order valence-electron chi connectivity index (χ3n) is 3.47. The predicted molar refractivity (Wildman–Crippen MR) is 97.0 cm³/mol. The number of amides is 1. The van der Waals surface area contributed by atoms with E-state index in [1.807, 2.05) is 51.1 Å². The highest BCUT2D eigenvalue weighted by Gasteiger charge is 2.11. The second kappa shape index (κ2) is 7.26. The molecule has 1 N–H and O–H groups in total. The van der Waals surface area contributed by atoms with E-state index in [0.717, 1.165) is 26.7 Å². The average molecular weight is 369 g/mol. The van der Waals surface area contributed by atoms with Crippen molar-refractivity contribution in [3.63, 3.8) is 0 Å². The van der Waals surface area contributed by atoms with Gasteiger partial charge < -0.3 is 5.32 Å². The SMILES string of the molecule is Cc1cc(C)c(/C=C(/C#N)C(=O)Nc2cccc(Br)c2)c(C)c1. The summed E-state index contributed by atoms with van der Waals surface area (Å²) in [6.45, 7) is 5.98. The number of nitrogens with one attached hydrogen (secondary N) is 1. The first kappa shape index (κ1) is 17.0. The predicted octanol–water partition coefficient (Wildman–Crippen LogP) is 4.92. The first-order valence-corrected chi connectivity index (χ1v) is 7.96. The summed E-state index contributed by atoms with van der Waals surface area (Å²) in [4.78, 5) is 12.3. The van der Waals surface area contributed by atoms with Crippen molar-refractivity contribution in [3.8, 4) is 6.07 Å². The Morgan fingerprint density at radius 2 is 1.83 bits per heavy atom. The molecule has 0 bridgehead atoms. The highest BCUT2D eigenvalue weighted by Crippen LogP contribution is 2.21. The third kappa shape index (κ3) is 4.30. The summed E-state index contributed by atoms with van der Waals surface area (Å²) in [6.07, 6.45) is 1.65. The van der Waals surface area contributed by atoms with Gasteiger partial charge in [-0.2, -0.15) is 5.26 Å². The van der Waals surface area contributed by atoms with Crippen LogP contribution in [-0.2, 0) is 4.79 Å². The van der Waals surface area contributed by atoms with Crippen LogP contribution < -0.4 is 5.32 Å². The molecule has 0 unspecified atom stereocenters. The molecule has 4 heteroatoms. The molecule has 0 aliphatic heterocycles. The molecule has 3 nitrogen and oxygen atoms in total. The minimum atomic E-state index is -0.412. The molecule has 23 heavy (non-hydrogen) atoms. The molecule has 0 aliphatic carbocycles. The molecule has 0 saturated heterocycles. The lowest BCUT2D eigenvalue weighted by atomic mass is 9.98. The number of hydrogen-bond acceptors (Lipinski definition) is 2. The first-order valence-electron chi connectivity index (χ1n) is 7.17. The zero-order valence-electron chi connectivity index (χ0n) is 13.3. The van der Waals surface area contributed by atoms with Crippen molar-refractivity contribution in [3.05, 3.63) is 68.7 Å². The lowest BCUT2D eigenvalue weighted by Gasteiger charge is -2.09. The van der Waals surface area contributed by atoms with Gasteiger partial charge >= 0.3 is 0 Å². The summed E-state index contributed by atoms with van der Waals surface area (Å²) in [7, 11) is 0. The van der Waals surface area contributed by atoms with E-state index in [1.165, 1.54) is 0 Å². The Morgan fingerprint density at radius 3 is 2.39 bits per heavy atom. The van der Waals surface area contributed by atoms with Crippen molar-refractivity contribution < 1.29 is 4.79 Å². The second-order valence-corrected chi connectivity index (χ2v) is 6.36. The van der Waals surface area contributed by atoms with Crippen LogP contribution in [0.15, 0.2) is 46.4 Å². The number of benzene rings is 2. The van der Waals surface area contributed by atoms with E-state index in [4.69, 9.17) is 0 Å². The Labute approximate surface area is 144 Å². The topological polar surface area (TPSA) is 52.9 Å². The van der Waals surface area contributed by atoms with Crippen molar-refractivity contribution in [2.24, 2.45) is 0 Å². The van der Waals surface area contributed by atoms with E-state index in [0.29, 0.717) is 5.69 Å². The van der Waals surface area contributed by atoms with E-state index in [2.05, 4.69) is 21.2 Å². The Kier molecular flexibility index (Phi) is 5.36.